The number of halogens is 1. The molecule has 3 N–H and O–H groups in total. The van der Waals surface area contributed by atoms with E-state index in [4.69, 9.17) is 5.73 Å². The monoisotopic (exact) mass is 287 g/mol. The number of anilines is 3. The summed E-state index contributed by atoms with van der Waals surface area (Å²) < 4.78 is 13.3. The molecule has 0 aliphatic carbocycles. The Labute approximate surface area is 123 Å². The van der Waals surface area contributed by atoms with Crippen LogP contribution in [0.25, 0.3) is 0 Å². The molecule has 4 nitrogen and oxygen atoms in total. The Kier molecular flexibility index (Phi) is 4.12. The second-order valence-corrected chi connectivity index (χ2v) is 5.09. The summed E-state index contributed by atoms with van der Waals surface area (Å²) in [4.78, 5) is 13.5. The van der Waals surface area contributed by atoms with Crippen LogP contribution in [-0.4, -0.2) is 24.9 Å². The van der Waals surface area contributed by atoms with Crippen LogP contribution < -0.4 is 11.1 Å². The SMILES string of the molecule is Cc1cc(Nc2cc(C(=O)N(C)C)ccc2N)ccc1F. The number of nitrogens with two attached hydrogens (primary N) is 1. The normalized spacial score (nSPS) is 10.3. The number of hydrogen-bond acceptors (Lipinski definition) is 3. The summed E-state index contributed by atoms with van der Waals surface area (Å²) in [7, 11) is 3.38. The molecule has 0 atom stereocenters. The number of benzene rings is 2. The van der Waals surface area contributed by atoms with Gasteiger partial charge in [0.1, 0.15) is 5.82 Å². The first-order valence-corrected chi connectivity index (χ1v) is 6.53. The molecule has 5 heteroatoms. The lowest BCUT2D eigenvalue weighted by atomic mass is 10.1. The molecule has 0 saturated heterocycles. The fourth-order valence-corrected chi connectivity index (χ4v) is 1.93. The first-order chi connectivity index (χ1) is 9.88. The Morgan fingerprint density at radius 1 is 1.19 bits per heavy atom. The van der Waals surface area contributed by atoms with Crippen LogP contribution in [-0.2, 0) is 0 Å². The number of nitrogens with one attached hydrogen (secondary N) is 1. The van der Waals surface area contributed by atoms with Crippen LogP contribution in [0.2, 0.25) is 0 Å². The van der Waals surface area contributed by atoms with Crippen molar-refractivity contribution in [3.8, 4) is 0 Å². The molecule has 0 fully saturated rings. The molecular weight excluding hydrogens is 269 g/mol. The summed E-state index contributed by atoms with van der Waals surface area (Å²) >= 11 is 0. The van der Waals surface area contributed by atoms with Crippen molar-refractivity contribution < 1.29 is 9.18 Å². The van der Waals surface area contributed by atoms with Crippen LogP contribution in [0, 0.1) is 12.7 Å². The number of carbonyl (C=O) groups excluding carboxylic acids is 1. The highest BCUT2D eigenvalue weighted by molar-refractivity contribution is 5.96. The Morgan fingerprint density at radius 2 is 1.90 bits per heavy atom. The molecule has 0 unspecified atom stereocenters. The number of amides is 1. The first-order valence-electron chi connectivity index (χ1n) is 6.53. The molecule has 0 radical (unpaired) electrons. The molecule has 0 aliphatic rings. The zero-order valence-corrected chi connectivity index (χ0v) is 12.3. The molecule has 2 aromatic carbocycles. The minimum absolute atomic E-state index is 0.103. The maximum atomic E-state index is 13.3. The van der Waals surface area contributed by atoms with E-state index in [1.54, 1.807) is 51.4 Å². The van der Waals surface area contributed by atoms with Gasteiger partial charge in [-0.15, -0.1) is 0 Å². The summed E-state index contributed by atoms with van der Waals surface area (Å²) in [5, 5.41) is 3.11. The lowest BCUT2D eigenvalue weighted by molar-refractivity contribution is 0.0827. The molecule has 2 rings (SSSR count). The van der Waals surface area contributed by atoms with E-state index >= 15 is 0 Å². The highest BCUT2D eigenvalue weighted by Crippen LogP contribution is 2.26. The number of carbonyl (C=O) groups is 1. The van der Waals surface area contributed by atoms with Gasteiger partial charge >= 0.3 is 0 Å². The van der Waals surface area contributed by atoms with Crippen LogP contribution >= 0.6 is 0 Å². The number of nitrogens with zero attached hydrogens (tertiary/aromatic N) is 1. The highest BCUT2D eigenvalue weighted by atomic mass is 19.1. The summed E-state index contributed by atoms with van der Waals surface area (Å²) in [5.74, 6) is -0.363. The summed E-state index contributed by atoms with van der Waals surface area (Å²) in [5.41, 5.74) is 8.86. The first kappa shape index (κ1) is 14.8. The Hall–Kier alpha value is -2.56. The molecule has 1 amide bonds. The van der Waals surface area contributed by atoms with Crippen molar-refractivity contribution in [1.82, 2.24) is 4.90 Å². The van der Waals surface area contributed by atoms with Crippen molar-refractivity contribution in [2.75, 3.05) is 25.1 Å². The summed E-state index contributed by atoms with van der Waals surface area (Å²) in [6.45, 7) is 1.69. The van der Waals surface area contributed by atoms with E-state index in [-0.39, 0.29) is 11.7 Å². The van der Waals surface area contributed by atoms with Gasteiger partial charge in [0.25, 0.3) is 5.91 Å². The van der Waals surface area contributed by atoms with E-state index in [1.165, 1.54) is 11.0 Å². The third kappa shape index (κ3) is 3.31. The highest BCUT2D eigenvalue weighted by Gasteiger charge is 2.10. The molecule has 0 aliphatic heterocycles. The zero-order valence-electron chi connectivity index (χ0n) is 12.3. The number of rotatable bonds is 3. The lowest BCUT2D eigenvalue weighted by Crippen LogP contribution is -2.21. The van der Waals surface area contributed by atoms with Crippen LogP contribution in [0.15, 0.2) is 36.4 Å². The van der Waals surface area contributed by atoms with Gasteiger partial charge in [-0.05, 0) is 48.9 Å². The van der Waals surface area contributed by atoms with Gasteiger partial charge < -0.3 is 16.0 Å². The molecule has 2 aromatic rings. The minimum atomic E-state index is -0.259. The Balaban J connectivity index is 2.32. The van der Waals surface area contributed by atoms with Crippen LogP contribution in [0.5, 0.6) is 0 Å². The van der Waals surface area contributed by atoms with Gasteiger partial charge in [0, 0.05) is 25.3 Å². The third-order valence-corrected chi connectivity index (χ3v) is 3.14. The van der Waals surface area contributed by atoms with Crippen molar-refractivity contribution >= 4 is 23.0 Å². The van der Waals surface area contributed by atoms with Gasteiger partial charge in [0.05, 0.1) is 11.4 Å². The van der Waals surface area contributed by atoms with E-state index in [1.807, 2.05) is 0 Å². The Bertz CT molecular complexity index is 683. The van der Waals surface area contributed by atoms with E-state index in [0.29, 0.717) is 22.5 Å². The molecule has 110 valence electrons. The standard InChI is InChI=1S/C16H18FN3O/c1-10-8-12(5-6-13(10)17)19-15-9-11(4-7-14(15)18)16(21)20(2)3/h4-9,19H,18H2,1-3H3. The van der Waals surface area contributed by atoms with Gasteiger partial charge in [-0.1, -0.05) is 0 Å². The number of nitrogen functional groups attached to an aromatic ring is 1. The van der Waals surface area contributed by atoms with Gasteiger partial charge in [-0.2, -0.15) is 0 Å². The predicted molar refractivity (Wildman–Crippen MR) is 83.3 cm³/mol. The average molecular weight is 287 g/mol. The topological polar surface area (TPSA) is 58.4 Å². The fraction of sp³-hybridized carbons (Fsp3) is 0.188. The smallest absolute Gasteiger partial charge is 0.253 e. The third-order valence-electron chi connectivity index (χ3n) is 3.14. The average Bonchev–Trinajstić information content (AvgIpc) is 2.44. The van der Waals surface area contributed by atoms with E-state index in [9.17, 15) is 9.18 Å². The van der Waals surface area contributed by atoms with Gasteiger partial charge in [0.2, 0.25) is 0 Å². The molecule has 0 aromatic heterocycles. The minimum Gasteiger partial charge on any atom is -0.397 e. The molecule has 21 heavy (non-hydrogen) atoms. The number of aryl methyl sites for hydroxylation is 1. The fourth-order valence-electron chi connectivity index (χ4n) is 1.93. The summed E-state index contributed by atoms with van der Waals surface area (Å²) in [6, 6.07) is 9.75. The van der Waals surface area contributed by atoms with Crippen molar-refractivity contribution in [3.63, 3.8) is 0 Å². The van der Waals surface area contributed by atoms with Crippen molar-refractivity contribution in [3.05, 3.63) is 53.3 Å². The second-order valence-electron chi connectivity index (χ2n) is 5.09. The van der Waals surface area contributed by atoms with Gasteiger partial charge in [-0.25, -0.2) is 4.39 Å². The molecule has 0 spiro atoms. The molecule has 0 bridgehead atoms. The van der Waals surface area contributed by atoms with Crippen LogP contribution in [0.4, 0.5) is 21.5 Å². The predicted octanol–water partition coefficient (Wildman–Crippen LogP) is 3.16. The second kappa shape index (κ2) is 5.83. The molecule has 0 saturated carbocycles. The van der Waals surface area contributed by atoms with E-state index in [0.717, 1.165) is 5.69 Å². The zero-order chi connectivity index (χ0) is 15.6. The largest absolute Gasteiger partial charge is 0.397 e. The lowest BCUT2D eigenvalue weighted by Gasteiger charge is -2.14. The van der Waals surface area contributed by atoms with E-state index in [2.05, 4.69) is 5.32 Å². The Morgan fingerprint density at radius 3 is 2.52 bits per heavy atom. The quantitative estimate of drug-likeness (QED) is 0.853. The molecule has 0 heterocycles. The maximum absolute atomic E-state index is 13.3. The molecular formula is C16H18FN3O. The van der Waals surface area contributed by atoms with Crippen molar-refractivity contribution in [2.45, 2.75) is 6.92 Å². The van der Waals surface area contributed by atoms with Crippen molar-refractivity contribution in [2.24, 2.45) is 0 Å². The van der Waals surface area contributed by atoms with Gasteiger partial charge in [-0.3, -0.25) is 4.79 Å². The van der Waals surface area contributed by atoms with Crippen molar-refractivity contribution in [1.29, 1.82) is 0 Å². The van der Waals surface area contributed by atoms with Crippen LogP contribution in [0.1, 0.15) is 15.9 Å². The summed E-state index contributed by atoms with van der Waals surface area (Å²) in [6.07, 6.45) is 0. The van der Waals surface area contributed by atoms with E-state index < -0.39 is 0 Å². The van der Waals surface area contributed by atoms with Gasteiger partial charge in [0.15, 0.2) is 0 Å². The maximum Gasteiger partial charge on any atom is 0.253 e. The number of hydrogen-bond donors (Lipinski definition) is 2. The van der Waals surface area contributed by atoms with Crippen LogP contribution in [0.3, 0.4) is 0 Å².